The maximum absolute atomic E-state index is 13.2. The molecule has 0 atom stereocenters. The zero-order valence-electron chi connectivity index (χ0n) is 17.5. The van der Waals surface area contributed by atoms with Crippen molar-refractivity contribution in [2.24, 2.45) is 0 Å². The summed E-state index contributed by atoms with van der Waals surface area (Å²) in [7, 11) is 1.67. The summed E-state index contributed by atoms with van der Waals surface area (Å²) < 4.78 is 25.8. The molecule has 0 radical (unpaired) electrons. The van der Waals surface area contributed by atoms with E-state index in [9.17, 15) is 9.18 Å². The molecule has 1 saturated heterocycles. The molecule has 1 aliphatic heterocycles. The molecular weight excluding hydrogens is 401 g/mol. The molecule has 4 rings (SSSR count). The Morgan fingerprint density at radius 3 is 2.71 bits per heavy atom. The van der Waals surface area contributed by atoms with E-state index in [4.69, 9.17) is 9.26 Å². The molecule has 2 aromatic heterocycles. The molecule has 0 bridgehead atoms. The quantitative estimate of drug-likeness (QED) is 0.549. The molecule has 1 aromatic carbocycles. The first kappa shape index (κ1) is 21.2. The second-order valence-electron chi connectivity index (χ2n) is 7.85. The normalized spacial score (nSPS) is 15.9. The Morgan fingerprint density at radius 2 is 2.03 bits per heavy atom. The van der Waals surface area contributed by atoms with Gasteiger partial charge >= 0.3 is 0 Å². The molecule has 1 amide bonds. The van der Waals surface area contributed by atoms with Crippen LogP contribution in [0, 0.1) is 5.82 Å². The Kier molecular flexibility index (Phi) is 6.41. The smallest absolute Gasteiger partial charge is 0.257 e. The minimum atomic E-state index is -0.323. The summed E-state index contributed by atoms with van der Waals surface area (Å²) in [5.74, 6) is 0.789. The number of amides is 1. The summed E-state index contributed by atoms with van der Waals surface area (Å²) in [5, 5.41) is 8.40. The molecule has 8 nitrogen and oxygen atoms in total. The van der Waals surface area contributed by atoms with Crippen LogP contribution >= 0.6 is 0 Å². The van der Waals surface area contributed by atoms with Crippen LogP contribution in [0.2, 0.25) is 0 Å². The predicted octanol–water partition coefficient (Wildman–Crippen LogP) is 3.06. The average Bonchev–Trinajstić information content (AvgIpc) is 3.50. The fourth-order valence-electron chi connectivity index (χ4n) is 4.02. The molecule has 9 heteroatoms. The average molecular weight is 427 g/mol. The molecule has 0 unspecified atom stereocenters. The van der Waals surface area contributed by atoms with Crippen LogP contribution in [0.4, 0.5) is 4.39 Å². The highest BCUT2D eigenvalue weighted by Crippen LogP contribution is 2.38. The van der Waals surface area contributed by atoms with Crippen molar-refractivity contribution in [1.82, 2.24) is 24.8 Å². The molecule has 3 heterocycles. The zero-order valence-corrected chi connectivity index (χ0v) is 17.5. The lowest BCUT2D eigenvalue weighted by molar-refractivity contribution is -0.133. The van der Waals surface area contributed by atoms with E-state index in [0.717, 1.165) is 19.3 Å². The second-order valence-corrected chi connectivity index (χ2v) is 7.85. The van der Waals surface area contributed by atoms with Gasteiger partial charge in [-0.1, -0.05) is 5.16 Å². The molecular formula is C22H26FN5O3. The topological polar surface area (TPSA) is 86.3 Å². The lowest BCUT2D eigenvalue weighted by Gasteiger charge is -2.39. The van der Waals surface area contributed by atoms with Gasteiger partial charge in [0.05, 0.1) is 0 Å². The Labute approximate surface area is 180 Å². The molecule has 0 N–H and O–H groups in total. The number of hydrogen-bond acceptors (Lipinski definition) is 6. The maximum Gasteiger partial charge on any atom is 0.257 e. The van der Waals surface area contributed by atoms with E-state index < -0.39 is 0 Å². The van der Waals surface area contributed by atoms with Crippen molar-refractivity contribution in [3.63, 3.8) is 0 Å². The Bertz CT molecular complexity index is 979. The number of piperidine rings is 1. The van der Waals surface area contributed by atoms with Gasteiger partial charge in [-0.25, -0.2) is 4.39 Å². The van der Waals surface area contributed by atoms with Gasteiger partial charge in [-0.2, -0.15) is 10.1 Å². The predicted molar refractivity (Wildman–Crippen MR) is 111 cm³/mol. The standard InChI is InChI=1S/C22H26FN5O3/c1-30-16-10-22(21-25-20(31-26-21)17-3-5-18(23)6-4-17)8-14-27(15-9-22)19(29)7-13-28-12-2-11-24-28/h2-6,11-12H,7-10,13-16H2,1H3. The van der Waals surface area contributed by atoms with Gasteiger partial charge in [0.25, 0.3) is 5.89 Å². The number of ether oxygens (including phenoxy) is 1. The molecule has 0 spiro atoms. The van der Waals surface area contributed by atoms with Crippen LogP contribution < -0.4 is 0 Å². The van der Waals surface area contributed by atoms with Gasteiger partial charge in [0.15, 0.2) is 5.82 Å². The molecule has 1 fully saturated rings. The number of aromatic nitrogens is 4. The van der Waals surface area contributed by atoms with Crippen LogP contribution in [-0.4, -0.2) is 57.5 Å². The molecule has 1 aliphatic rings. The number of halogens is 1. The summed E-state index contributed by atoms with van der Waals surface area (Å²) >= 11 is 0. The number of rotatable bonds is 8. The summed E-state index contributed by atoms with van der Waals surface area (Å²) in [5.41, 5.74) is 0.351. The lowest BCUT2D eigenvalue weighted by Crippen LogP contribution is -2.46. The highest BCUT2D eigenvalue weighted by atomic mass is 19.1. The Morgan fingerprint density at radius 1 is 1.26 bits per heavy atom. The monoisotopic (exact) mass is 427 g/mol. The van der Waals surface area contributed by atoms with E-state index in [-0.39, 0.29) is 17.1 Å². The summed E-state index contributed by atoms with van der Waals surface area (Å²) in [6.45, 7) is 2.39. The minimum Gasteiger partial charge on any atom is -0.385 e. The lowest BCUT2D eigenvalue weighted by atomic mass is 9.75. The van der Waals surface area contributed by atoms with Crippen molar-refractivity contribution >= 4 is 5.91 Å². The first-order chi connectivity index (χ1) is 15.1. The molecule has 0 aliphatic carbocycles. The molecule has 0 saturated carbocycles. The highest BCUT2D eigenvalue weighted by Gasteiger charge is 2.41. The minimum absolute atomic E-state index is 0.121. The van der Waals surface area contributed by atoms with E-state index in [1.54, 1.807) is 30.1 Å². The van der Waals surface area contributed by atoms with Crippen molar-refractivity contribution in [2.75, 3.05) is 26.8 Å². The zero-order chi connectivity index (χ0) is 21.7. The van der Waals surface area contributed by atoms with E-state index in [1.165, 1.54) is 12.1 Å². The summed E-state index contributed by atoms with van der Waals surface area (Å²) in [6, 6.07) is 7.83. The van der Waals surface area contributed by atoms with E-state index >= 15 is 0 Å². The first-order valence-corrected chi connectivity index (χ1v) is 10.4. The number of likely N-dealkylation sites (tertiary alicyclic amines) is 1. The van der Waals surface area contributed by atoms with Crippen molar-refractivity contribution in [2.45, 2.75) is 37.6 Å². The second kappa shape index (κ2) is 9.38. The first-order valence-electron chi connectivity index (χ1n) is 10.4. The fraction of sp³-hybridized carbons (Fsp3) is 0.455. The summed E-state index contributed by atoms with van der Waals surface area (Å²) in [6.07, 6.45) is 6.18. The third-order valence-corrected chi connectivity index (χ3v) is 5.96. The van der Waals surface area contributed by atoms with Crippen molar-refractivity contribution in [3.05, 3.63) is 54.4 Å². The third-order valence-electron chi connectivity index (χ3n) is 5.96. The van der Waals surface area contributed by atoms with Crippen LogP contribution in [0.15, 0.2) is 47.2 Å². The van der Waals surface area contributed by atoms with Crippen LogP contribution in [0.3, 0.4) is 0 Å². The van der Waals surface area contributed by atoms with Gasteiger partial charge in [-0.05, 0) is 49.6 Å². The highest BCUT2D eigenvalue weighted by molar-refractivity contribution is 5.76. The summed E-state index contributed by atoms with van der Waals surface area (Å²) in [4.78, 5) is 19.2. The number of carbonyl (C=O) groups is 1. The van der Waals surface area contributed by atoms with Gasteiger partial charge < -0.3 is 14.2 Å². The number of methoxy groups -OCH3 is 1. The Balaban J connectivity index is 1.44. The molecule has 3 aromatic rings. The van der Waals surface area contributed by atoms with Crippen LogP contribution in [0.5, 0.6) is 0 Å². The van der Waals surface area contributed by atoms with Crippen LogP contribution in [0.1, 0.15) is 31.5 Å². The van der Waals surface area contributed by atoms with Crippen molar-refractivity contribution in [3.8, 4) is 11.5 Å². The SMILES string of the molecule is COCCC1(c2noc(-c3ccc(F)cc3)n2)CCN(C(=O)CCn2cccn2)CC1. The number of nitrogens with zero attached hydrogens (tertiary/aromatic N) is 5. The van der Waals surface area contributed by atoms with Crippen LogP contribution in [-0.2, 0) is 21.5 Å². The number of hydrogen-bond donors (Lipinski definition) is 0. The molecule has 31 heavy (non-hydrogen) atoms. The van der Waals surface area contributed by atoms with Crippen LogP contribution in [0.25, 0.3) is 11.5 Å². The van der Waals surface area contributed by atoms with Crippen molar-refractivity contribution < 1.29 is 18.4 Å². The number of aryl methyl sites for hydroxylation is 1. The Hall–Kier alpha value is -3.07. The van der Waals surface area contributed by atoms with E-state index in [0.29, 0.717) is 49.9 Å². The van der Waals surface area contributed by atoms with Gasteiger partial charge in [-0.3, -0.25) is 9.48 Å². The van der Waals surface area contributed by atoms with Gasteiger partial charge in [0.2, 0.25) is 5.91 Å². The van der Waals surface area contributed by atoms with Gasteiger partial charge in [0, 0.05) is 63.1 Å². The fourth-order valence-corrected chi connectivity index (χ4v) is 4.02. The van der Waals surface area contributed by atoms with Gasteiger partial charge in [0.1, 0.15) is 5.82 Å². The largest absolute Gasteiger partial charge is 0.385 e. The van der Waals surface area contributed by atoms with E-state index in [1.807, 2.05) is 17.2 Å². The number of benzene rings is 1. The van der Waals surface area contributed by atoms with Gasteiger partial charge in [-0.15, -0.1) is 0 Å². The number of carbonyl (C=O) groups excluding carboxylic acids is 1. The molecule has 164 valence electrons. The van der Waals surface area contributed by atoms with Crippen molar-refractivity contribution in [1.29, 1.82) is 0 Å². The van der Waals surface area contributed by atoms with E-state index in [2.05, 4.69) is 15.2 Å². The maximum atomic E-state index is 13.2. The third kappa shape index (κ3) is 4.82.